The van der Waals surface area contributed by atoms with Crippen molar-refractivity contribution >= 4 is 21.8 Å². The van der Waals surface area contributed by atoms with Crippen LogP contribution in [0.5, 0.6) is 0 Å². The summed E-state index contributed by atoms with van der Waals surface area (Å²) in [6, 6.07) is 0. The fraction of sp³-hybridized carbons (Fsp3) is 0.909. The quantitative estimate of drug-likeness (QED) is 0.503. The van der Waals surface area contributed by atoms with E-state index in [1.165, 1.54) is 6.42 Å². The van der Waals surface area contributed by atoms with Crippen LogP contribution in [0.4, 0.5) is 0 Å². The fourth-order valence-corrected chi connectivity index (χ4v) is 2.10. The molecular weight excluding hydrogens is 258 g/mol. The average molecular weight is 278 g/mol. The van der Waals surface area contributed by atoms with Gasteiger partial charge in [0.15, 0.2) is 0 Å². The van der Waals surface area contributed by atoms with E-state index in [2.05, 4.69) is 15.9 Å². The van der Waals surface area contributed by atoms with Gasteiger partial charge in [-0.25, -0.2) is 0 Å². The number of amides is 1. The molecule has 15 heavy (non-hydrogen) atoms. The summed E-state index contributed by atoms with van der Waals surface area (Å²) in [6.07, 6.45) is 5.04. The van der Waals surface area contributed by atoms with E-state index in [0.717, 1.165) is 57.3 Å². The molecular formula is C11H20BrNO2. The standard InChI is InChI=1S/C11H20BrNO2/c12-6-1-2-9-15-10-4-8-13-7-3-5-11(13)14/h1-10H2. The molecule has 0 aromatic carbocycles. The predicted octanol–water partition coefficient (Wildman–Crippen LogP) is 2.19. The van der Waals surface area contributed by atoms with Crippen molar-refractivity contribution in [3.8, 4) is 0 Å². The number of ether oxygens (including phenoxy) is 1. The van der Waals surface area contributed by atoms with Crippen LogP contribution in [0.25, 0.3) is 0 Å². The Balaban J connectivity index is 1.86. The summed E-state index contributed by atoms with van der Waals surface area (Å²) in [6.45, 7) is 3.45. The van der Waals surface area contributed by atoms with Gasteiger partial charge in [-0.05, 0) is 25.7 Å². The van der Waals surface area contributed by atoms with Gasteiger partial charge in [-0.15, -0.1) is 0 Å². The Bertz CT molecular complexity index is 187. The van der Waals surface area contributed by atoms with E-state index < -0.39 is 0 Å². The molecule has 3 nitrogen and oxygen atoms in total. The molecule has 1 saturated heterocycles. The van der Waals surface area contributed by atoms with E-state index >= 15 is 0 Å². The average Bonchev–Trinajstić information content (AvgIpc) is 2.63. The molecule has 0 atom stereocenters. The van der Waals surface area contributed by atoms with E-state index in [9.17, 15) is 4.79 Å². The maximum Gasteiger partial charge on any atom is 0.222 e. The van der Waals surface area contributed by atoms with Crippen molar-refractivity contribution in [1.82, 2.24) is 4.90 Å². The highest BCUT2D eigenvalue weighted by atomic mass is 79.9. The van der Waals surface area contributed by atoms with E-state index in [4.69, 9.17) is 4.74 Å². The van der Waals surface area contributed by atoms with Gasteiger partial charge in [0.25, 0.3) is 0 Å². The van der Waals surface area contributed by atoms with Crippen molar-refractivity contribution in [2.45, 2.75) is 32.1 Å². The molecule has 0 unspecified atom stereocenters. The third kappa shape index (κ3) is 5.52. The number of carbonyl (C=O) groups excluding carboxylic acids is 1. The van der Waals surface area contributed by atoms with E-state index in [0.29, 0.717) is 5.91 Å². The van der Waals surface area contributed by atoms with Crippen LogP contribution < -0.4 is 0 Å². The second kappa shape index (κ2) is 8.11. The molecule has 1 fully saturated rings. The lowest BCUT2D eigenvalue weighted by atomic mass is 10.3. The van der Waals surface area contributed by atoms with Gasteiger partial charge in [0.1, 0.15) is 0 Å². The molecule has 0 bridgehead atoms. The molecule has 0 N–H and O–H groups in total. The predicted molar refractivity (Wildman–Crippen MR) is 64.3 cm³/mol. The van der Waals surface area contributed by atoms with Crippen LogP contribution >= 0.6 is 15.9 Å². The van der Waals surface area contributed by atoms with Crippen LogP contribution in [0.1, 0.15) is 32.1 Å². The summed E-state index contributed by atoms with van der Waals surface area (Å²) < 4.78 is 5.47. The Morgan fingerprint density at radius 1 is 1.27 bits per heavy atom. The van der Waals surface area contributed by atoms with Crippen LogP contribution in [-0.4, -0.2) is 42.4 Å². The number of alkyl halides is 1. The highest BCUT2D eigenvalue weighted by Crippen LogP contribution is 2.09. The van der Waals surface area contributed by atoms with Gasteiger partial charge in [0.05, 0.1) is 0 Å². The maximum atomic E-state index is 11.3. The minimum absolute atomic E-state index is 0.314. The normalized spacial score (nSPS) is 16.3. The summed E-state index contributed by atoms with van der Waals surface area (Å²) >= 11 is 3.38. The summed E-state index contributed by atoms with van der Waals surface area (Å²) in [7, 11) is 0. The van der Waals surface area contributed by atoms with Gasteiger partial charge in [0, 0.05) is 38.1 Å². The number of hydrogen-bond acceptors (Lipinski definition) is 2. The third-order valence-corrected chi connectivity index (χ3v) is 3.12. The monoisotopic (exact) mass is 277 g/mol. The number of unbranched alkanes of at least 4 members (excludes halogenated alkanes) is 1. The number of halogens is 1. The minimum Gasteiger partial charge on any atom is -0.381 e. The molecule has 0 spiro atoms. The van der Waals surface area contributed by atoms with Crippen LogP contribution in [0.2, 0.25) is 0 Å². The summed E-state index contributed by atoms with van der Waals surface area (Å²) in [5.74, 6) is 0.314. The zero-order chi connectivity index (χ0) is 10.9. The fourth-order valence-electron chi connectivity index (χ4n) is 1.70. The molecule has 0 radical (unpaired) electrons. The molecule has 4 heteroatoms. The van der Waals surface area contributed by atoms with Crippen molar-refractivity contribution in [3.63, 3.8) is 0 Å². The minimum atomic E-state index is 0.314. The smallest absolute Gasteiger partial charge is 0.222 e. The van der Waals surface area contributed by atoms with Crippen molar-refractivity contribution < 1.29 is 9.53 Å². The Hall–Kier alpha value is -0.0900. The van der Waals surface area contributed by atoms with Crippen molar-refractivity contribution in [1.29, 1.82) is 0 Å². The first-order valence-corrected chi connectivity index (χ1v) is 6.88. The van der Waals surface area contributed by atoms with Gasteiger partial charge in [0.2, 0.25) is 5.91 Å². The molecule has 1 aliphatic heterocycles. The van der Waals surface area contributed by atoms with Crippen LogP contribution in [0, 0.1) is 0 Å². The molecule has 0 aromatic rings. The molecule has 1 heterocycles. The lowest BCUT2D eigenvalue weighted by molar-refractivity contribution is -0.127. The van der Waals surface area contributed by atoms with Crippen LogP contribution in [0.3, 0.4) is 0 Å². The van der Waals surface area contributed by atoms with E-state index in [1.807, 2.05) is 4.90 Å². The van der Waals surface area contributed by atoms with E-state index in [-0.39, 0.29) is 0 Å². The lowest BCUT2D eigenvalue weighted by Crippen LogP contribution is -2.26. The van der Waals surface area contributed by atoms with E-state index in [1.54, 1.807) is 0 Å². The van der Waals surface area contributed by atoms with Gasteiger partial charge in [-0.2, -0.15) is 0 Å². The zero-order valence-electron chi connectivity index (χ0n) is 9.21. The summed E-state index contributed by atoms with van der Waals surface area (Å²) in [4.78, 5) is 13.2. The van der Waals surface area contributed by atoms with Crippen molar-refractivity contribution in [2.75, 3.05) is 31.6 Å². The second-order valence-electron chi connectivity index (χ2n) is 3.85. The van der Waals surface area contributed by atoms with Gasteiger partial charge >= 0.3 is 0 Å². The van der Waals surface area contributed by atoms with Crippen LogP contribution in [0.15, 0.2) is 0 Å². The van der Waals surface area contributed by atoms with Gasteiger partial charge in [-0.1, -0.05) is 15.9 Å². The Morgan fingerprint density at radius 3 is 2.73 bits per heavy atom. The molecule has 0 aliphatic carbocycles. The number of rotatable bonds is 8. The first kappa shape index (κ1) is 13.0. The maximum absolute atomic E-state index is 11.3. The Kier molecular flexibility index (Phi) is 7.01. The van der Waals surface area contributed by atoms with Crippen LogP contribution in [-0.2, 0) is 9.53 Å². The molecule has 0 aromatic heterocycles. The topological polar surface area (TPSA) is 29.5 Å². The van der Waals surface area contributed by atoms with Gasteiger partial charge in [-0.3, -0.25) is 4.79 Å². The lowest BCUT2D eigenvalue weighted by Gasteiger charge is -2.14. The molecule has 1 rings (SSSR count). The Morgan fingerprint density at radius 2 is 2.07 bits per heavy atom. The van der Waals surface area contributed by atoms with Gasteiger partial charge < -0.3 is 9.64 Å². The molecule has 1 aliphatic rings. The summed E-state index contributed by atoms with van der Waals surface area (Å²) in [5, 5.41) is 1.05. The molecule has 1 amide bonds. The first-order chi connectivity index (χ1) is 7.34. The first-order valence-electron chi connectivity index (χ1n) is 5.76. The summed E-state index contributed by atoms with van der Waals surface area (Å²) in [5.41, 5.74) is 0. The molecule has 88 valence electrons. The number of likely N-dealkylation sites (tertiary alicyclic amines) is 1. The number of hydrogen-bond donors (Lipinski definition) is 0. The third-order valence-electron chi connectivity index (χ3n) is 2.56. The highest BCUT2D eigenvalue weighted by Gasteiger charge is 2.18. The van der Waals surface area contributed by atoms with Crippen molar-refractivity contribution in [2.24, 2.45) is 0 Å². The largest absolute Gasteiger partial charge is 0.381 e. The Labute approximate surface area is 100 Å². The number of nitrogens with zero attached hydrogens (tertiary/aromatic N) is 1. The number of carbonyl (C=O) groups is 1. The molecule has 0 saturated carbocycles. The second-order valence-corrected chi connectivity index (χ2v) is 4.64. The highest BCUT2D eigenvalue weighted by molar-refractivity contribution is 9.09. The van der Waals surface area contributed by atoms with Crippen molar-refractivity contribution in [3.05, 3.63) is 0 Å². The zero-order valence-corrected chi connectivity index (χ0v) is 10.8. The SMILES string of the molecule is O=C1CCCN1CCCOCCCCBr.